The summed E-state index contributed by atoms with van der Waals surface area (Å²) >= 11 is 0. The smallest absolute Gasteiger partial charge is 0.301 e. The van der Waals surface area contributed by atoms with Crippen LogP contribution in [0.1, 0.15) is 22.9 Å². The lowest BCUT2D eigenvalue weighted by molar-refractivity contribution is -0.132. The molecule has 1 N–H and O–H groups in total. The summed E-state index contributed by atoms with van der Waals surface area (Å²) in [7, 11) is 0. The minimum absolute atomic E-state index is 0.0299. The third kappa shape index (κ3) is 3.73. The Morgan fingerprint density at radius 1 is 1.19 bits per heavy atom. The Labute approximate surface area is 178 Å². The van der Waals surface area contributed by atoms with Gasteiger partial charge in [0.15, 0.2) is 5.82 Å². The number of carbonyl (C=O) groups is 2. The van der Waals surface area contributed by atoms with Crippen LogP contribution in [-0.2, 0) is 9.59 Å². The number of Topliss-reactive ketones (excluding diaryl/α,β-unsaturated/α-hetero) is 1. The first kappa shape index (κ1) is 20.2. The Morgan fingerprint density at radius 2 is 1.97 bits per heavy atom. The molecule has 1 aliphatic rings. The Morgan fingerprint density at radius 3 is 2.65 bits per heavy atom. The molecule has 1 fully saturated rings. The van der Waals surface area contributed by atoms with Gasteiger partial charge < -0.3 is 14.4 Å². The zero-order valence-corrected chi connectivity index (χ0v) is 16.8. The molecule has 7 heteroatoms. The second kappa shape index (κ2) is 8.31. The zero-order valence-electron chi connectivity index (χ0n) is 16.8. The molecule has 0 aliphatic carbocycles. The summed E-state index contributed by atoms with van der Waals surface area (Å²) in [6.07, 6.45) is 1.62. The van der Waals surface area contributed by atoms with Crippen molar-refractivity contribution in [2.24, 2.45) is 0 Å². The van der Waals surface area contributed by atoms with E-state index in [4.69, 9.17) is 9.26 Å². The molecule has 7 nitrogen and oxygen atoms in total. The van der Waals surface area contributed by atoms with Crippen LogP contribution in [0.4, 0.5) is 5.82 Å². The molecule has 2 heterocycles. The van der Waals surface area contributed by atoms with Gasteiger partial charge in [-0.25, -0.2) is 0 Å². The third-order valence-corrected chi connectivity index (χ3v) is 4.90. The number of ketones is 1. The van der Waals surface area contributed by atoms with Gasteiger partial charge in [0, 0.05) is 11.6 Å². The van der Waals surface area contributed by atoms with Crippen molar-refractivity contribution in [1.82, 2.24) is 5.16 Å². The molecule has 156 valence electrons. The fourth-order valence-corrected chi connectivity index (χ4v) is 3.53. The molecule has 0 spiro atoms. The van der Waals surface area contributed by atoms with E-state index in [0.717, 1.165) is 0 Å². The highest BCUT2D eigenvalue weighted by molar-refractivity contribution is 6.51. The predicted octanol–water partition coefficient (Wildman–Crippen LogP) is 4.17. The first-order valence-electron chi connectivity index (χ1n) is 9.64. The Kier molecular flexibility index (Phi) is 5.41. The summed E-state index contributed by atoms with van der Waals surface area (Å²) in [6.45, 7) is 5.63. The van der Waals surface area contributed by atoms with E-state index >= 15 is 0 Å². The lowest BCUT2D eigenvalue weighted by Crippen LogP contribution is -2.29. The van der Waals surface area contributed by atoms with Crippen molar-refractivity contribution in [1.29, 1.82) is 0 Å². The average Bonchev–Trinajstić information content (AvgIpc) is 3.33. The zero-order chi connectivity index (χ0) is 22.0. The van der Waals surface area contributed by atoms with Crippen molar-refractivity contribution >= 4 is 23.3 Å². The summed E-state index contributed by atoms with van der Waals surface area (Å²) < 4.78 is 10.7. The lowest BCUT2D eigenvalue weighted by Gasteiger charge is -2.23. The highest BCUT2D eigenvalue weighted by atomic mass is 16.5. The number of benzene rings is 2. The molecule has 1 aromatic heterocycles. The molecule has 0 saturated carbocycles. The second-order valence-corrected chi connectivity index (χ2v) is 7.00. The molecular weight excluding hydrogens is 396 g/mol. The average molecular weight is 416 g/mol. The summed E-state index contributed by atoms with van der Waals surface area (Å²) in [5.74, 6) is -0.642. The molecule has 1 amide bonds. The second-order valence-electron chi connectivity index (χ2n) is 7.00. The number of nitrogens with zero attached hydrogens (tertiary/aromatic N) is 2. The van der Waals surface area contributed by atoms with Gasteiger partial charge in [0.25, 0.3) is 5.78 Å². The minimum atomic E-state index is -0.906. The normalized spacial score (nSPS) is 17.7. The van der Waals surface area contributed by atoms with E-state index in [-0.39, 0.29) is 17.2 Å². The standard InChI is InChI=1S/C24H20N2O5/c1-3-12-30-18-11-7-10-17(14-18)21-20(22(27)16-8-5-4-6-9-16)23(28)24(29)26(21)19-13-15(2)31-25-19/h3-11,13-14,21,27H,1,12H2,2H3. The summed E-state index contributed by atoms with van der Waals surface area (Å²) in [4.78, 5) is 27.3. The number of hydrogen-bond donors (Lipinski definition) is 1. The van der Waals surface area contributed by atoms with E-state index < -0.39 is 17.7 Å². The van der Waals surface area contributed by atoms with E-state index in [9.17, 15) is 14.7 Å². The number of anilines is 1. The maximum atomic E-state index is 13.0. The van der Waals surface area contributed by atoms with Crippen LogP contribution in [-0.4, -0.2) is 28.6 Å². The van der Waals surface area contributed by atoms with Crippen molar-refractivity contribution in [3.8, 4) is 5.75 Å². The van der Waals surface area contributed by atoms with Crippen LogP contribution in [0.15, 0.2) is 83.4 Å². The maximum absolute atomic E-state index is 13.0. The van der Waals surface area contributed by atoms with Crippen LogP contribution in [0.3, 0.4) is 0 Å². The number of hydrogen-bond acceptors (Lipinski definition) is 6. The van der Waals surface area contributed by atoms with Crippen LogP contribution in [0.2, 0.25) is 0 Å². The fourth-order valence-electron chi connectivity index (χ4n) is 3.53. The van der Waals surface area contributed by atoms with Gasteiger partial charge in [-0.2, -0.15) is 0 Å². The number of aliphatic hydroxyl groups is 1. The van der Waals surface area contributed by atoms with Crippen molar-refractivity contribution in [2.45, 2.75) is 13.0 Å². The maximum Gasteiger partial charge on any atom is 0.301 e. The molecule has 1 unspecified atom stereocenters. The molecule has 3 aromatic rings. The number of aromatic nitrogens is 1. The van der Waals surface area contributed by atoms with Crippen molar-refractivity contribution in [3.63, 3.8) is 0 Å². The molecular formula is C24H20N2O5. The van der Waals surface area contributed by atoms with Crippen molar-refractivity contribution in [2.75, 3.05) is 11.5 Å². The van der Waals surface area contributed by atoms with E-state index in [2.05, 4.69) is 11.7 Å². The van der Waals surface area contributed by atoms with Crippen LogP contribution < -0.4 is 9.64 Å². The van der Waals surface area contributed by atoms with E-state index in [1.807, 2.05) is 0 Å². The van der Waals surface area contributed by atoms with Gasteiger partial charge in [0.1, 0.15) is 23.9 Å². The Bertz CT molecular complexity index is 1180. The highest BCUT2D eigenvalue weighted by Gasteiger charge is 2.48. The van der Waals surface area contributed by atoms with Crippen LogP contribution in [0.25, 0.3) is 5.76 Å². The molecule has 0 bridgehead atoms. The van der Waals surface area contributed by atoms with Gasteiger partial charge in [-0.15, -0.1) is 0 Å². The van der Waals surface area contributed by atoms with Crippen molar-refractivity contribution < 1.29 is 24.0 Å². The minimum Gasteiger partial charge on any atom is -0.507 e. The number of carbonyl (C=O) groups excluding carboxylic acids is 2. The quantitative estimate of drug-likeness (QED) is 0.281. The highest BCUT2D eigenvalue weighted by Crippen LogP contribution is 2.42. The Balaban J connectivity index is 1.91. The summed E-state index contributed by atoms with van der Waals surface area (Å²) in [5, 5.41) is 14.9. The number of ether oxygens (including phenoxy) is 1. The van der Waals surface area contributed by atoms with Crippen LogP contribution >= 0.6 is 0 Å². The van der Waals surface area contributed by atoms with Gasteiger partial charge in [-0.05, 0) is 24.6 Å². The molecule has 4 rings (SSSR count). The topological polar surface area (TPSA) is 92.9 Å². The SMILES string of the molecule is C=CCOc1cccc(C2C(=C(O)c3ccccc3)C(=O)C(=O)N2c2cc(C)on2)c1. The van der Waals surface area contributed by atoms with Crippen molar-refractivity contribution in [3.05, 3.63) is 95.8 Å². The van der Waals surface area contributed by atoms with Gasteiger partial charge >= 0.3 is 5.91 Å². The van der Waals surface area contributed by atoms with E-state index in [1.165, 1.54) is 4.90 Å². The molecule has 0 radical (unpaired) electrons. The van der Waals surface area contributed by atoms with Crippen LogP contribution in [0.5, 0.6) is 5.75 Å². The summed E-state index contributed by atoms with van der Waals surface area (Å²) in [5.41, 5.74) is 0.984. The molecule has 2 aromatic carbocycles. The molecule has 31 heavy (non-hydrogen) atoms. The number of aryl methyl sites for hydroxylation is 1. The third-order valence-electron chi connectivity index (χ3n) is 4.90. The lowest BCUT2D eigenvalue weighted by atomic mass is 9.95. The van der Waals surface area contributed by atoms with Gasteiger partial charge in [0.05, 0.1) is 11.6 Å². The Hall–Kier alpha value is -4.13. The van der Waals surface area contributed by atoms with E-state index in [1.54, 1.807) is 73.7 Å². The first-order valence-corrected chi connectivity index (χ1v) is 9.64. The van der Waals surface area contributed by atoms with Gasteiger partial charge in [-0.1, -0.05) is 60.3 Å². The molecule has 1 atom stereocenters. The monoisotopic (exact) mass is 416 g/mol. The number of amides is 1. The molecule has 1 saturated heterocycles. The number of rotatable bonds is 6. The fraction of sp³-hybridized carbons (Fsp3) is 0.125. The van der Waals surface area contributed by atoms with Gasteiger partial charge in [-0.3, -0.25) is 14.5 Å². The summed E-state index contributed by atoms with van der Waals surface area (Å²) in [6, 6.07) is 16.3. The van der Waals surface area contributed by atoms with Crippen LogP contribution in [0, 0.1) is 6.92 Å². The first-order chi connectivity index (χ1) is 15.0. The largest absolute Gasteiger partial charge is 0.507 e. The van der Waals surface area contributed by atoms with Gasteiger partial charge in [0.2, 0.25) is 0 Å². The predicted molar refractivity (Wildman–Crippen MR) is 115 cm³/mol. The molecule has 1 aliphatic heterocycles. The van der Waals surface area contributed by atoms with E-state index in [0.29, 0.717) is 29.2 Å². The number of aliphatic hydroxyl groups excluding tert-OH is 1.